The summed E-state index contributed by atoms with van der Waals surface area (Å²) in [6.45, 7) is 10.6. The second-order valence-electron chi connectivity index (χ2n) is 5.45. The first-order chi connectivity index (χ1) is 9.01. The molecule has 0 saturated carbocycles. The van der Waals surface area contributed by atoms with E-state index in [1.54, 1.807) is 6.33 Å². The maximum Gasteiger partial charge on any atom is 0.152 e. The molecule has 19 heavy (non-hydrogen) atoms. The summed E-state index contributed by atoms with van der Waals surface area (Å²) in [4.78, 5) is 8.44. The lowest BCUT2D eigenvalue weighted by molar-refractivity contribution is 0.270. The number of hydrogen-bond donors (Lipinski definition) is 2. The summed E-state index contributed by atoms with van der Waals surface area (Å²) < 4.78 is 0. The minimum atomic E-state index is 0.514. The average Bonchev–Trinajstić information content (AvgIpc) is 2.37. The van der Waals surface area contributed by atoms with Gasteiger partial charge in [0.05, 0.1) is 11.4 Å². The molecule has 106 valence electrons. The Kier molecular flexibility index (Phi) is 5.80. The van der Waals surface area contributed by atoms with Crippen LogP contribution in [-0.4, -0.2) is 17.0 Å². The molecule has 4 heteroatoms. The minimum absolute atomic E-state index is 0.514. The number of aromatic nitrogens is 2. The van der Waals surface area contributed by atoms with Crippen molar-refractivity contribution in [3.8, 4) is 0 Å². The van der Waals surface area contributed by atoms with Crippen LogP contribution in [-0.2, 0) is 6.42 Å². The lowest BCUT2D eigenvalue weighted by atomic mass is 9.79. The molecule has 1 aromatic heterocycles. The standard InChI is InChI=1S/C15H26N4/c1-6-7-12(10(2)3)11(4)8-13-14(16)15(17-5)19-9-18-13/h6,9-12H,1,7-8,16H2,2-5H3,(H,17,18,19). The van der Waals surface area contributed by atoms with Gasteiger partial charge in [0.2, 0.25) is 0 Å². The molecule has 0 bridgehead atoms. The molecule has 3 N–H and O–H groups in total. The highest BCUT2D eigenvalue weighted by Crippen LogP contribution is 2.29. The molecule has 0 aliphatic heterocycles. The van der Waals surface area contributed by atoms with Crippen LogP contribution < -0.4 is 11.1 Å². The molecule has 0 aliphatic rings. The normalized spacial score (nSPS) is 14.2. The van der Waals surface area contributed by atoms with Crippen LogP contribution in [0.25, 0.3) is 0 Å². The fraction of sp³-hybridized carbons (Fsp3) is 0.600. The first kappa shape index (κ1) is 15.5. The first-order valence-corrected chi connectivity index (χ1v) is 6.89. The molecule has 0 saturated heterocycles. The van der Waals surface area contributed by atoms with Crippen molar-refractivity contribution in [2.24, 2.45) is 17.8 Å². The highest BCUT2D eigenvalue weighted by atomic mass is 15.0. The zero-order valence-electron chi connectivity index (χ0n) is 12.5. The number of anilines is 2. The van der Waals surface area contributed by atoms with Gasteiger partial charge in [-0.3, -0.25) is 0 Å². The fourth-order valence-electron chi connectivity index (χ4n) is 2.60. The Morgan fingerprint density at radius 1 is 1.37 bits per heavy atom. The van der Waals surface area contributed by atoms with Crippen LogP contribution in [0.2, 0.25) is 0 Å². The van der Waals surface area contributed by atoms with Crippen molar-refractivity contribution in [3.05, 3.63) is 24.7 Å². The molecule has 0 fully saturated rings. The van der Waals surface area contributed by atoms with E-state index >= 15 is 0 Å². The third-order valence-electron chi connectivity index (χ3n) is 3.74. The van der Waals surface area contributed by atoms with Crippen molar-refractivity contribution in [1.29, 1.82) is 0 Å². The van der Waals surface area contributed by atoms with Crippen LogP contribution in [0, 0.1) is 17.8 Å². The molecule has 1 rings (SSSR count). The lowest BCUT2D eigenvalue weighted by Gasteiger charge is -2.26. The largest absolute Gasteiger partial charge is 0.394 e. The van der Waals surface area contributed by atoms with E-state index in [1.807, 2.05) is 13.1 Å². The van der Waals surface area contributed by atoms with E-state index in [1.165, 1.54) is 0 Å². The Balaban J connectivity index is 2.86. The predicted molar refractivity (Wildman–Crippen MR) is 82.0 cm³/mol. The highest BCUT2D eigenvalue weighted by molar-refractivity contribution is 5.63. The lowest BCUT2D eigenvalue weighted by Crippen LogP contribution is -2.20. The monoisotopic (exact) mass is 262 g/mol. The van der Waals surface area contributed by atoms with Crippen molar-refractivity contribution < 1.29 is 0 Å². The van der Waals surface area contributed by atoms with Gasteiger partial charge in [-0.15, -0.1) is 6.58 Å². The molecule has 0 radical (unpaired) electrons. The number of hydrogen-bond acceptors (Lipinski definition) is 4. The van der Waals surface area contributed by atoms with Crippen molar-refractivity contribution in [2.75, 3.05) is 18.1 Å². The third-order valence-corrected chi connectivity index (χ3v) is 3.74. The summed E-state index contributed by atoms with van der Waals surface area (Å²) >= 11 is 0. The molecule has 1 aromatic rings. The van der Waals surface area contributed by atoms with Gasteiger partial charge in [-0.1, -0.05) is 26.8 Å². The molecule has 4 nitrogen and oxygen atoms in total. The molecule has 0 aliphatic carbocycles. The maximum absolute atomic E-state index is 6.08. The van der Waals surface area contributed by atoms with E-state index in [2.05, 4.69) is 42.6 Å². The van der Waals surface area contributed by atoms with Crippen LogP contribution in [0.1, 0.15) is 32.9 Å². The molecule has 2 atom stereocenters. The number of nitrogens with two attached hydrogens (primary N) is 1. The third kappa shape index (κ3) is 3.94. The Morgan fingerprint density at radius 2 is 2.05 bits per heavy atom. The van der Waals surface area contributed by atoms with E-state index in [9.17, 15) is 0 Å². The van der Waals surface area contributed by atoms with Crippen LogP contribution in [0.3, 0.4) is 0 Å². The Hall–Kier alpha value is -1.58. The van der Waals surface area contributed by atoms with Gasteiger partial charge in [0.1, 0.15) is 6.33 Å². The van der Waals surface area contributed by atoms with E-state index in [0.717, 1.165) is 18.5 Å². The molecule has 2 unspecified atom stereocenters. The summed E-state index contributed by atoms with van der Waals surface area (Å²) in [6.07, 6.45) is 5.48. The maximum atomic E-state index is 6.08. The highest BCUT2D eigenvalue weighted by Gasteiger charge is 2.21. The Bertz CT molecular complexity index is 415. The number of allylic oxidation sites excluding steroid dienone is 1. The fourth-order valence-corrected chi connectivity index (χ4v) is 2.60. The SMILES string of the molecule is C=CCC(C(C)C)C(C)Cc1ncnc(NC)c1N. The van der Waals surface area contributed by atoms with Gasteiger partial charge >= 0.3 is 0 Å². The summed E-state index contributed by atoms with van der Waals surface area (Å²) in [5, 5.41) is 2.99. The molecule has 0 aromatic carbocycles. The van der Waals surface area contributed by atoms with Gasteiger partial charge in [-0.25, -0.2) is 9.97 Å². The van der Waals surface area contributed by atoms with Crippen molar-refractivity contribution in [1.82, 2.24) is 9.97 Å². The second-order valence-corrected chi connectivity index (χ2v) is 5.45. The average molecular weight is 262 g/mol. The number of nitrogens with one attached hydrogen (secondary N) is 1. The zero-order valence-corrected chi connectivity index (χ0v) is 12.5. The second kappa shape index (κ2) is 7.12. The zero-order chi connectivity index (χ0) is 14.4. The number of nitrogens with zero attached hydrogens (tertiary/aromatic N) is 2. The number of rotatable bonds is 7. The van der Waals surface area contributed by atoms with Crippen LogP contribution in [0.4, 0.5) is 11.5 Å². The smallest absolute Gasteiger partial charge is 0.152 e. The van der Waals surface area contributed by atoms with Crippen LogP contribution >= 0.6 is 0 Å². The predicted octanol–water partition coefficient (Wildman–Crippen LogP) is 3.13. The summed E-state index contributed by atoms with van der Waals surface area (Å²) in [5.41, 5.74) is 7.68. The van der Waals surface area contributed by atoms with Gasteiger partial charge in [0.15, 0.2) is 5.82 Å². The van der Waals surface area contributed by atoms with E-state index in [0.29, 0.717) is 29.3 Å². The van der Waals surface area contributed by atoms with E-state index < -0.39 is 0 Å². The first-order valence-electron chi connectivity index (χ1n) is 6.89. The molecule has 0 amide bonds. The molecule has 0 spiro atoms. The number of nitrogen functional groups attached to an aromatic ring is 1. The van der Waals surface area contributed by atoms with Gasteiger partial charge in [-0.2, -0.15) is 0 Å². The Labute approximate surface area is 116 Å². The topological polar surface area (TPSA) is 63.8 Å². The van der Waals surface area contributed by atoms with Crippen molar-refractivity contribution in [2.45, 2.75) is 33.6 Å². The molecular formula is C15H26N4. The van der Waals surface area contributed by atoms with Crippen LogP contribution in [0.5, 0.6) is 0 Å². The van der Waals surface area contributed by atoms with Gasteiger partial charge < -0.3 is 11.1 Å². The minimum Gasteiger partial charge on any atom is -0.394 e. The summed E-state index contributed by atoms with van der Waals surface area (Å²) in [5.74, 6) is 2.45. The van der Waals surface area contributed by atoms with Crippen LogP contribution in [0.15, 0.2) is 19.0 Å². The van der Waals surface area contributed by atoms with Crippen molar-refractivity contribution >= 4 is 11.5 Å². The van der Waals surface area contributed by atoms with Gasteiger partial charge in [-0.05, 0) is 30.6 Å². The summed E-state index contributed by atoms with van der Waals surface area (Å²) in [6, 6.07) is 0. The van der Waals surface area contributed by atoms with Gasteiger partial charge in [0.25, 0.3) is 0 Å². The summed E-state index contributed by atoms with van der Waals surface area (Å²) in [7, 11) is 1.82. The Morgan fingerprint density at radius 3 is 2.58 bits per heavy atom. The molecule has 1 heterocycles. The molecular weight excluding hydrogens is 236 g/mol. The quantitative estimate of drug-likeness (QED) is 0.741. The van der Waals surface area contributed by atoms with E-state index in [-0.39, 0.29) is 0 Å². The van der Waals surface area contributed by atoms with Crippen molar-refractivity contribution in [3.63, 3.8) is 0 Å². The van der Waals surface area contributed by atoms with Gasteiger partial charge in [0, 0.05) is 7.05 Å². The van der Waals surface area contributed by atoms with E-state index in [4.69, 9.17) is 5.73 Å².